The van der Waals surface area contributed by atoms with Crippen LogP contribution in [0.4, 0.5) is 0 Å². The van der Waals surface area contributed by atoms with Gasteiger partial charge in [-0.2, -0.15) is 0 Å². The van der Waals surface area contributed by atoms with Gasteiger partial charge in [-0.05, 0) is 135 Å². The lowest BCUT2D eigenvalue weighted by molar-refractivity contribution is -0.165. The minimum Gasteiger partial charge on any atom is -0.465 e. The zero-order valence-corrected chi connectivity index (χ0v) is 36.3. The summed E-state index contributed by atoms with van der Waals surface area (Å²) in [5.74, 6) is 2.19. The Bertz CT molecular complexity index is 1190. The first-order valence-corrected chi connectivity index (χ1v) is 20.4. The van der Waals surface area contributed by atoms with Crippen LogP contribution >= 0.6 is 0 Å². The minimum absolute atomic E-state index is 0.00618. The molecule has 1 heterocycles. The molecule has 0 aromatic rings. The van der Waals surface area contributed by atoms with Gasteiger partial charge < -0.3 is 18.9 Å². The molecule has 0 amide bonds. The van der Waals surface area contributed by atoms with E-state index in [0.717, 1.165) is 44.9 Å². The molecule has 1 saturated heterocycles. The molecule has 302 valence electrons. The quantitative estimate of drug-likeness (QED) is 0.161. The molecule has 4 fully saturated rings. The first-order valence-electron chi connectivity index (χ1n) is 20.4. The number of carbonyl (C=O) groups is 4. The Morgan fingerprint density at radius 3 is 1.58 bits per heavy atom. The van der Waals surface area contributed by atoms with E-state index in [0.29, 0.717) is 30.3 Å². The maximum Gasteiger partial charge on any atom is 0.311 e. The van der Waals surface area contributed by atoms with E-state index in [-0.39, 0.29) is 75.7 Å². The Kier molecular flexibility index (Phi) is 15.5. The van der Waals surface area contributed by atoms with Crippen molar-refractivity contribution >= 4 is 23.9 Å². The van der Waals surface area contributed by atoms with Gasteiger partial charge >= 0.3 is 23.9 Å². The molecular formula is C44H78O8. The van der Waals surface area contributed by atoms with E-state index in [4.69, 9.17) is 18.9 Å². The van der Waals surface area contributed by atoms with Crippen LogP contribution in [0.1, 0.15) is 169 Å². The smallest absolute Gasteiger partial charge is 0.311 e. The maximum absolute atomic E-state index is 12.5. The molecule has 8 heteroatoms. The van der Waals surface area contributed by atoms with Gasteiger partial charge in [0.2, 0.25) is 0 Å². The number of esters is 4. The summed E-state index contributed by atoms with van der Waals surface area (Å²) in [6.07, 6.45) is 7.77. The van der Waals surface area contributed by atoms with Gasteiger partial charge in [-0.3, -0.25) is 19.2 Å². The van der Waals surface area contributed by atoms with Crippen LogP contribution < -0.4 is 0 Å². The van der Waals surface area contributed by atoms with Crippen LogP contribution in [0.15, 0.2) is 0 Å². The van der Waals surface area contributed by atoms with E-state index in [1.807, 2.05) is 69.2 Å². The standard InChI is InChI=1S/C20H38O2.C15H22O4.C9H18O2/c1-10-20(8,9)17(21)22-16-12-14(18(2,3)4)11-15(13-16)19(5,6)7;1-4-15(2,3)14(17)18-7-11-8-5-9-10(6-8)13(16)19-12(9)11;1-6-9(4,5)8(10)11-7(2)3/h14-16H,10-13H2,1-9H3;8-12H,4-7H2,1-3H3;7H,6H2,1-5H3. The lowest BCUT2D eigenvalue weighted by Gasteiger charge is -2.45. The van der Waals surface area contributed by atoms with E-state index in [1.54, 1.807) is 0 Å². The molecule has 52 heavy (non-hydrogen) atoms. The predicted molar refractivity (Wildman–Crippen MR) is 207 cm³/mol. The molecule has 8 nitrogen and oxygen atoms in total. The predicted octanol–water partition coefficient (Wildman–Crippen LogP) is 10.4. The van der Waals surface area contributed by atoms with Gasteiger partial charge in [-0.25, -0.2) is 0 Å². The Morgan fingerprint density at radius 2 is 1.13 bits per heavy atom. The molecule has 0 N–H and O–H groups in total. The molecule has 4 rings (SSSR count). The highest BCUT2D eigenvalue weighted by Crippen LogP contribution is 2.57. The minimum atomic E-state index is -0.424. The normalized spacial score (nSPS) is 28.6. The van der Waals surface area contributed by atoms with E-state index in [1.165, 1.54) is 6.42 Å². The van der Waals surface area contributed by atoms with Crippen molar-refractivity contribution in [3.05, 3.63) is 0 Å². The second-order valence-electron chi connectivity index (χ2n) is 20.7. The van der Waals surface area contributed by atoms with Gasteiger partial charge in [0.15, 0.2) is 0 Å². The summed E-state index contributed by atoms with van der Waals surface area (Å²) in [5, 5.41) is 0. The molecule has 7 unspecified atom stereocenters. The maximum atomic E-state index is 12.5. The van der Waals surface area contributed by atoms with Crippen molar-refractivity contribution in [2.45, 2.75) is 187 Å². The van der Waals surface area contributed by atoms with Gasteiger partial charge in [0.05, 0.1) is 34.9 Å². The topological polar surface area (TPSA) is 105 Å². The fraction of sp³-hybridized carbons (Fsp3) is 0.909. The second-order valence-corrected chi connectivity index (χ2v) is 20.7. The van der Waals surface area contributed by atoms with Crippen LogP contribution in [-0.4, -0.2) is 48.8 Å². The Balaban J connectivity index is 0.000000285. The number of rotatable bonds is 10. The average Bonchev–Trinajstić information content (AvgIpc) is 3.67. The molecule has 3 aliphatic carbocycles. The summed E-state index contributed by atoms with van der Waals surface area (Å²) in [6, 6.07) is 0. The fourth-order valence-electron chi connectivity index (χ4n) is 7.57. The van der Waals surface area contributed by atoms with Crippen LogP contribution in [0.3, 0.4) is 0 Å². The lowest BCUT2D eigenvalue weighted by Crippen LogP contribution is -2.41. The molecule has 2 bridgehead atoms. The summed E-state index contributed by atoms with van der Waals surface area (Å²) in [6.45, 7) is 35.7. The van der Waals surface area contributed by atoms with Crippen molar-refractivity contribution in [2.24, 2.45) is 62.6 Å². The van der Waals surface area contributed by atoms with Crippen LogP contribution in [0.25, 0.3) is 0 Å². The van der Waals surface area contributed by atoms with Gasteiger partial charge in [-0.1, -0.05) is 62.3 Å². The molecule has 1 aliphatic heterocycles. The lowest BCUT2D eigenvalue weighted by atomic mass is 9.62. The third kappa shape index (κ3) is 11.9. The highest BCUT2D eigenvalue weighted by Gasteiger charge is 2.62. The molecule has 4 aliphatic rings. The van der Waals surface area contributed by atoms with Gasteiger partial charge in [0.25, 0.3) is 0 Å². The van der Waals surface area contributed by atoms with Crippen molar-refractivity contribution in [2.75, 3.05) is 6.61 Å². The zero-order chi connectivity index (χ0) is 40.2. The second kappa shape index (κ2) is 17.6. The molecule has 0 aromatic carbocycles. The Hall–Kier alpha value is -2.12. The zero-order valence-electron chi connectivity index (χ0n) is 36.3. The van der Waals surface area contributed by atoms with Crippen molar-refractivity contribution < 1.29 is 38.1 Å². The molecular weight excluding hydrogens is 656 g/mol. The number of hydrogen-bond acceptors (Lipinski definition) is 8. The summed E-state index contributed by atoms with van der Waals surface area (Å²) in [5.41, 5.74) is -0.577. The molecule has 7 atom stereocenters. The number of hydrogen-bond donors (Lipinski definition) is 0. The summed E-state index contributed by atoms with van der Waals surface area (Å²) >= 11 is 0. The third-order valence-electron chi connectivity index (χ3n) is 13.1. The van der Waals surface area contributed by atoms with Crippen molar-refractivity contribution in [1.82, 2.24) is 0 Å². The molecule has 0 radical (unpaired) electrons. The fourth-order valence-corrected chi connectivity index (χ4v) is 7.57. The number of fused-ring (bicyclic) bond motifs is 1. The van der Waals surface area contributed by atoms with Crippen LogP contribution in [0.2, 0.25) is 0 Å². The Morgan fingerprint density at radius 1 is 0.673 bits per heavy atom. The SMILES string of the molecule is CCC(C)(C)C(=O)OC(C)C.CCC(C)(C)C(=O)OC1CC(C(C)(C)C)CC(C(C)(C)C)C1.CCC(C)(C)C(=O)OCC1C2CC3C(=O)OC1C3C2. The Labute approximate surface area is 318 Å². The van der Waals surface area contributed by atoms with E-state index >= 15 is 0 Å². The number of ether oxygens (including phenoxy) is 4. The van der Waals surface area contributed by atoms with E-state index < -0.39 is 5.41 Å². The van der Waals surface area contributed by atoms with Crippen LogP contribution in [0.5, 0.6) is 0 Å². The summed E-state index contributed by atoms with van der Waals surface area (Å²) < 4.78 is 22.0. The molecule has 0 aromatic heterocycles. The summed E-state index contributed by atoms with van der Waals surface area (Å²) in [7, 11) is 0. The third-order valence-corrected chi connectivity index (χ3v) is 13.1. The van der Waals surface area contributed by atoms with Gasteiger partial charge in [0, 0.05) is 11.8 Å². The number of carbonyl (C=O) groups excluding carboxylic acids is 4. The summed E-state index contributed by atoms with van der Waals surface area (Å²) in [4.78, 5) is 47.4. The highest BCUT2D eigenvalue weighted by molar-refractivity contribution is 5.77. The van der Waals surface area contributed by atoms with Gasteiger partial charge in [-0.15, -0.1) is 0 Å². The molecule has 3 saturated carbocycles. The highest BCUT2D eigenvalue weighted by atomic mass is 16.6. The van der Waals surface area contributed by atoms with Gasteiger partial charge in [0.1, 0.15) is 12.2 Å². The van der Waals surface area contributed by atoms with Crippen LogP contribution in [0, 0.1) is 62.6 Å². The largest absolute Gasteiger partial charge is 0.465 e. The van der Waals surface area contributed by atoms with Crippen molar-refractivity contribution in [3.8, 4) is 0 Å². The van der Waals surface area contributed by atoms with Crippen molar-refractivity contribution in [1.29, 1.82) is 0 Å². The molecule has 0 spiro atoms. The van der Waals surface area contributed by atoms with E-state index in [2.05, 4.69) is 48.5 Å². The first kappa shape index (κ1) is 46.0. The van der Waals surface area contributed by atoms with Crippen molar-refractivity contribution in [3.63, 3.8) is 0 Å². The monoisotopic (exact) mass is 735 g/mol. The van der Waals surface area contributed by atoms with Crippen LogP contribution in [-0.2, 0) is 38.1 Å². The first-order chi connectivity index (χ1) is 23.6. The van der Waals surface area contributed by atoms with E-state index in [9.17, 15) is 19.2 Å². The average molecular weight is 735 g/mol.